The molecule has 108 valence electrons. The third-order valence-electron chi connectivity index (χ3n) is 3.63. The summed E-state index contributed by atoms with van der Waals surface area (Å²) in [5, 5.41) is 4.68. The minimum absolute atomic E-state index is 0.656. The van der Waals surface area contributed by atoms with Crippen LogP contribution >= 0.6 is 0 Å². The lowest BCUT2D eigenvalue weighted by molar-refractivity contribution is 0.547. The minimum Gasteiger partial charge on any atom is -0.464 e. The lowest BCUT2D eigenvalue weighted by Crippen LogP contribution is -2.18. The topological polar surface area (TPSA) is 25.2 Å². The summed E-state index contributed by atoms with van der Waals surface area (Å²) in [6.07, 6.45) is 1.87. The molecule has 0 saturated carbocycles. The van der Waals surface area contributed by atoms with Gasteiger partial charge in [-0.3, -0.25) is 0 Å². The number of nitrogens with one attached hydrogen (secondary N) is 1. The first-order valence-corrected chi connectivity index (χ1v) is 7.50. The third-order valence-corrected chi connectivity index (χ3v) is 3.63. The van der Waals surface area contributed by atoms with E-state index in [9.17, 15) is 0 Å². The molecule has 1 heterocycles. The monoisotopic (exact) mass is 279 g/mol. The van der Waals surface area contributed by atoms with Crippen molar-refractivity contribution in [2.45, 2.75) is 20.4 Å². The van der Waals surface area contributed by atoms with Gasteiger partial charge < -0.3 is 9.73 Å². The lowest BCUT2D eigenvalue weighted by Gasteiger charge is -2.06. The Hall–Kier alpha value is -2.06. The molecule has 2 aromatic carbocycles. The van der Waals surface area contributed by atoms with E-state index < -0.39 is 0 Å². The van der Waals surface area contributed by atoms with Gasteiger partial charge >= 0.3 is 0 Å². The van der Waals surface area contributed by atoms with Crippen molar-refractivity contribution < 1.29 is 4.42 Å². The number of rotatable bonds is 5. The van der Waals surface area contributed by atoms with Crippen molar-refractivity contribution >= 4 is 11.0 Å². The van der Waals surface area contributed by atoms with Gasteiger partial charge in [0.25, 0.3) is 0 Å². The molecule has 0 fully saturated rings. The average Bonchev–Trinajstić information content (AvgIpc) is 2.90. The largest absolute Gasteiger partial charge is 0.464 e. The highest BCUT2D eigenvalue weighted by Gasteiger charge is 2.07. The van der Waals surface area contributed by atoms with Crippen LogP contribution in [0.1, 0.15) is 19.4 Å². The Balaban J connectivity index is 1.89. The summed E-state index contributed by atoms with van der Waals surface area (Å²) in [6.45, 7) is 6.30. The SMILES string of the molecule is CC(C)CNCc1coc2ccc(-c3ccccc3)cc12. The zero-order valence-corrected chi connectivity index (χ0v) is 12.6. The zero-order valence-electron chi connectivity index (χ0n) is 12.6. The first-order valence-electron chi connectivity index (χ1n) is 7.50. The van der Waals surface area contributed by atoms with E-state index in [1.165, 1.54) is 22.1 Å². The molecule has 1 aromatic heterocycles. The van der Waals surface area contributed by atoms with E-state index in [1.54, 1.807) is 0 Å². The van der Waals surface area contributed by atoms with Crippen LogP contribution in [0.15, 0.2) is 59.2 Å². The van der Waals surface area contributed by atoms with Crippen LogP contribution in [0.4, 0.5) is 0 Å². The van der Waals surface area contributed by atoms with Crippen LogP contribution < -0.4 is 5.32 Å². The normalized spacial score (nSPS) is 11.4. The summed E-state index contributed by atoms with van der Waals surface area (Å²) in [5.41, 5.74) is 4.65. The van der Waals surface area contributed by atoms with Crippen molar-refractivity contribution in [3.8, 4) is 11.1 Å². The number of hydrogen-bond acceptors (Lipinski definition) is 2. The maximum Gasteiger partial charge on any atom is 0.134 e. The molecule has 0 radical (unpaired) electrons. The van der Waals surface area contributed by atoms with Crippen molar-refractivity contribution in [1.82, 2.24) is 5.32 Å². The van der Waals surface area contributed by atoms with E-state index in [-0.39, 0.29) is 0 Å². The second-order valence-electron chi connectivity index (χ2n) is 5.86. The Kier molecular flexibility index (Phi) is 4.07. The van der Waals surface area contributed by atoms with Gasteiger partial charge in [-0.25, -0.2) is 0 Å². The van der Waals surface area contributed by atoms with Crippen LogP contribution in [0.2, 0.25) is 0 Å². The van der Waals surface area contributed by atoms with Crippen molar-refractivity contribution in [2.75, 3.05) is 6.54 Å². The molecule has 3 rings (SSSR count). The average molecular weight is 279 g/mol. The summed E-state index contributed by atoms with van der Waals surface area (Å²) in [4.78, 5) is 0. The Morgan fingerprint density at radius 3 is 2.57 bits per heavy atom. The van der Waals surface area contributed by atoms with Crippen molar-refractivity contribution in [2.24, 2.45) is 5.92 Å². The van der Waals surface area contributed by atoms with Crippen LogP contribution in [-0.2, 0) is 6.54 Å². The molecule has 0 saturated heterocycles. The van der Waals surface area contributed by atoms with E-state index in [2.05, 4.69) is 61.6 Å². The van der Waals surface area contributed by atoms with Crippen LogP contribution in [0, 0.1) is 5.92 Å². The summed E-state index contributed by atoms with van der Waals surface area (Å²) >= 11 is 0. The van der Waals surface area contributed by atoms with Crippen LogP contribution in [-0.4, -0.2) is 6.54 Å². The molecule has 0 aliphatic rings. The molecule has 21 heavy (non-hydrogen) atoms. The predicted octanol–water partition coefficient (Wildman–Crippen LogP) is 4.85. The first kappa shape index (κ1) is 13.9. The number of furan rings is 1. The molecule has 0 unspecified atom stereocenters. The highest BCUT2D eigenvalue weighted by Crippen LogP contribution is 2.27. The fourth-order valence-corrected chi connectivity index (χ4v) is 2.52. The molecule has 0 aliphatic heterocycles. The highest BCUT2D eigenvalue weighted by molar-refractivity contribution is 5.86. The Labute approximate surface area is 125 Å². The van der Waals surface area contributed by atoms with Crippen LogP contribution in [0.5, 0.6) is 0 Å². The standard InChI is InChI=1S/C19H21NO/c1-14(2)11-20-12-17-13-21-19-9-8-16(10-18(17)19)15-6-4-3-5-7-15/h3-10,13-14,20H,11-12H2,1-2H3. The fraction of sp³-hybridized carbons (Fsp3) is 0.263. The lowest BCUT2D eigenvalue weighted by atomic mass is 10.0. The molecule has 3 aromatic rings. The van der Waals surface area contributed by atoms with Gasteiger partial charge in [0.1, 0.15) is 5.58 Å². The van der Waals surface area contributed by atoms with Gasteiger partial charge in [-0.15, -0.1) is 0 Å². The molecular formula is C19H21NO. The van der Waals surface area contributed by atoms with E-state index >= 15 is 0 Å². The van der Waals surface area contributed by atoms with Crippen molar-refractivity contribution in [3.63, 3.8) is 0 Å². The number of benzene rings is 2. The summed E-state index contributed by atoms with van der Waals surface area (Å²) in [6, 6.07) is 16.9. The molecule has 1 N–H and O–H groups in total. The van der Waals surface area contributed by atoms with Crippen molar-refractivity contribution in [3.05, 3.63) is 60.4 Å². The van der Waals surface area contributed by atoms with Gasteiger partial charge in [0.2, 0.25) is 0 Å². The van der Waals surface area contributed by atoms with Gasteiger partial charge in [0.15, 0.2) is 0 Å². The fourth-order valence-electron chi connectivity index (χ4n) is 2.52. The van der Waals surface area contributed by atoms with Crippen molar-refractivity contribution in [1.29, 1.82) is 0 Å². The van der Waals surface area contributed by atoms with E-state index in [1.807, 2.05) is 12.3 Å². The molecular weight excluding hydrogens is 258 g/mol. The van der Waals surface area contributed by atoms with E-state index in [0.717, 1.165) is 18.7 Å². The summed E-state index contributed by atoms with van der Waals surface area (Å²) in [7, 11) is 0. The second-order valence-corrected chi connectivity index (χ2v) is 5.86. The predicted molar refractivity (Wildman–Crippen MR) is 88.2 cm³/mol. The van der Waals surface area contributed by atoms with Crippen LogP contribution in [0.25, 0.3) is 22.1 Å². The van der Waals surface area contributed by atoms with Gasteiger partial charge in [0.05, 0.1) is 6.26 Å². The zero-order chi connectivity index (χ0) is 14.7. The molecule has 2 heteroatoms. The van der Waals surface area contributed by atoms with Gasteiger partial charge in [-0.05, 0) is 35.7 Å². The van der Waals surface area contributed by atoms with E-state index in [0.29, 0.717) is 5.92 Å². The maximum atomic E-state index is 5.66. The van der Waals surface area contributed by atoms with Gasteiger partial charge in [-0.2, -0.15) is 0 Å². The Morgan fingerprint density at radius 2 is 1.81 bits per heavy atom. The quantitative estimate of drug-likeness (QED) is 0.722. The number of fused-ring (bicyclic) bond motifs is 1. The highest BCUT2D eigenvalue weighted by atomic mass is 16.3. The van der Waals surface area contributed by atoms with Crippen LogP contribution in [0.3, 0.4) is 0 Å². The van der Waals surface area contributed by atoms with Gasteiger partial charge in [-0.1, -0.05) is 50.2 Å². The first-order chi connectivity index (χ1) is 10.2. The molecule has 2 nitrogen and oxygen atoms in total. The molecule has 0 atom stereocenters. The van der Waals surface area contributed by atoms with Gasteiger partial charge in [0, 0.05) is 17.5 Å². The minimum atomic E-state index is 0.656. The second kappa shape index (κ2) is 6.15. The maximum absolute atomic E-state index is 5.66. The smallest absolute Gasteiger partial charge is 0.134 e. The summed E-state index contributed by atoms with van der Waals surface area (Å²) < 4.78 is 5.66. The Bertz CT molecular complexity index is 713. The summed E-state index contributed by atoms with van der Waals surface area (Å²) in [5.74, 6) is 0.656. The molecule has 0 aliphatic carbocycles. The number of hydrogen-bond donors (Lipinski definition) is 1. The van der Waals surface area contributed by atoms with E-state index in [4.69, 9.17) is 4.42 Å². The molecule has 0 amide bonds. The molecule has 0 bridgehead atoms. The Morgan fingerprint density at radius 1 is 1.00 bits per heavy atom. The third kappa shape index (κ3) is 3.17. The molecule has 0 spiro atoms.